The maximum absolute atomic E-state index is 5.83. The van der Waals surface area contributed by atoms with Crippen molar-refractivity contribution in [2.45, 2.75) is 50.9 Å². The summed E-state index contributed by atoms with van der Waals surface area (Å²) >= 11 is 0. The van der Waals surface area contributed by atoms with E-state index in [1.54, 1.807) is 0 Å². The highest BCUT2D eigenvalue weighted by Gasteiger charge is 2.19. The molecule has 1 aliphatic rings. The molecule has 16 heavy (non-hydrogen) atoms. The number of aromatic nitrogens is 1. The maximum atomic E-state index is 5.83. The molecule has 1 heterocycles. The predicted molar refractivity (Wildman–Crippen MR) is 64.6 cm³/mol. The number of nitrogens with zero attached hydrogens (tertiary/aromatic N) is 1. The molecule has 90 valence electrons. The average Bonchev–Trinajstić information content (AvgIpc) is 2.79. The van der Waals surface area contributed by atoms with Crippen LogP contribution < -0.4 is 5.32 Å². The second-order valence-electron chi connectivity index (χ2n) is 4.71. The van der Waals surface area contributed by atoms with Crippen molar-refractivity contribution < 1.29 is 4.42 Å². The van der Waals surface area contributed by atoms with E-state index < -0.39 is 0 Å². The number of nitrogens with one attached hydrogen (secondary N) is 1. The lowest BCUT2D eigenvalue weighted by Crippen LogP contribution is -2.08. The molecule has 0 radical (unpaired) electrons. The van der Waals surface area contributed by atoms with Gasteiger partial charge in [-0.1, -0.05) is 19.3 Å². The van der Waals surface area contributed by atoms with Crippen LogP contribution in [0.5, 0.6) is 0 Å². The Kier molecular flexibility index (Phi) is 4.40. The highest BCUT2D eigenvalue weighted by Crippen LogP contribution is 2.32. The smallest absolute Gasteiger partial charge is 0.197 e. The minimum atomic E-state index is 0.590. The monoisotopic (exact) mass is 222 g/mol. The largest absolute Gasteiger partial charge is 0.445 e. The van der Waals surface area contributed by atoms with Gasteiger partial charge in [-0.3, -0.25) is 0 Å². The van der Waals surface area contributed by atoms with E-state index in [9.17, 15) is 0 Å². The van der Waals surface area contributed by atoms with Crippen molar-refractivity contribution in [3.63, 3.8) is 0 Å². The van der Waals surface area contributed by atoms with Gasteiger partial charge in [0.15, 0.2) is 5.89 Å². The zero-order valence-corrected chi connectivity index (χ0v) is 10.2. The fourth-order valence-electron chi connectivity index (χ4n) is 2.42. The van der Waals surface area contributed by atoms with E-state index in [0.717, 1.165) is 31.0 Å². The lowest BCUT2D eigenvalue weighted by atomic mass is 9.89. The Morgan fingerprint density at radius 2 is 2.19 bits per heavy atom. The second kappa shape index (κ2) is 6.04. The topological polar surface area (TPSA) is 38.1 Å². The average molecular weight is 222 g/mol. The third-order valence-electron chi connectivity index (χ3n) is 3.38. The van der Waals surface area contributed by atoms with E-state index in [2.05, 4.69) is 10.3 Å². The molecule has 1 aromatic heterocycles. The van der Waals surface area contributed by atoms with E-state index in [0.29, 0.717) is 5.92 Å². The third kappa shape index (κ3) is 3.08. The van der Waals surface area contributed by atoms with Crippen molar-refractivity contribution in [2.75, 3.05) is 13.6 Å². The van der Waals surface area contributed by atoms with Gasteiger partial charge in [0.25, 0.3) is 0 Å². The highest BCUT2D eigenvalue weighted by atomic mass is 16.4. The van der Waals surface area contributed by atoms with Crippen molar-refractivity contribution in [1.82, 2.24) is 10.3 Å². The van der Waals surface area contributed by atoms with Gasteiger partial charge in [0.1, 0.15) is 5.76 Å². The summed E-state index contributed by atoms with van der Waals surface area (Å²) in [5, 5.41) is 3.15. The summed E-state index contributed by atoms with van der Waals surface area (Å²) in [5.41, 5.74) is 0. The number of hydrogen-bond donors (Lipinski definition) is 1. The summed E-state index contributed by atoms with van der Waals surface area (Å²) in [6.07, 6.45) is 10.6. The van der Waals surface area contributed by atoms with Gasteiger partial charge in [0.05, 0.1) is 6.20 Å². The number of hydrogen-bond acceptors (Lipinski definition) is 3. The number of aryl methyl sites for hydroxylation is 1. The minimum absolute atomic E-state index is 0.590. The van der Waals surface area contributed by atoms with Crippen LogP contribution in [0.1, 0.15) is 56.1 Å². The van der Waals surface area contributed by atoms with Crippen molar-refractivity contribution >= 4 is 0 Å². The first kappa shape index (κ1) is 11.6. The standard InChI is InChI=1S/C13H22N2O/c1-14-9-5-8-12-10-15-13(16-12)11-6-3-2-4-7-11/h10-11,14H,2-9H2,1H3. The molecule has 2 rings (SSSR count). The molecule has 1 aromatic rings. The van der Waals surface area contributed by atoms with Gasteiger partial charge in [-0.25, -0.2) is 4.98 Å². The molecule has 0 saturated heterocycles. The van der Waals surface area contributed by atoms with Crippen LogP contribution in [0.3, 0.4) is 0 Å². The molecule has 3 nitrogen and oxygen atoms in total. The van der Waals surface area contributed by atoms with Gasteiger partial charge in [-0.05, 0) is 32.9 Å². The van der Waals surface area contributed by atoms with Crippen molar-refractivity contribution in [3.05, 3.63) is 17.8 Å². The molecule has 0 atom stereocenters. The van der Waals surface area contributed by atoms with Gasteiger partial charge in [-0.15, -0.1) is 0 Å². The summed E-state index contributed by atoms with van der Waals surface area (Å²) in [6.45, 7) is 1.04. The zero-order valence-electron chi connectivity index (χ0n) is 10.2. The lowest BCUT2D eigenvalue weighted by Gasteiger charge is -2.17. The molecule has 3 heteroatoms. The quantitative estimate of drug-likeness (QED) is 0.778. The van der Waals surface area contributed by atoms with Crippen molar-refractivity contribution in [2.24, 2.45) is 0 Å². The molecule has 0 amide bonds. The fourth-order valence-corrected chi connectivity index (χ4v) is 2.42. The molecule has 0 spiro atoms. The van der Waals surface area contributed by atoms with Crippen molar-refractivity contribution in [3.8, 4) is 0 Å². The Hall–Kier alpha value is -0.830. The molecule has 0 unspecified atom stereocenters. The van der Waals surface area contributed by atoms with Gasteiger partial charge in [-0.2, -0.15) is 0 Å². The number of oxazole rings is 1. The molecular weight excluding hydrogens is 200 g/mol. The Morgan fingerprint density at radius 1 is 1.38 bits per heavy atom. The summed E-state index contributed by atoms with van der Waals surface area (Å²) in [7, 11) is 1.98. The molecule has 1 saturated carbocycles. The van der Waals surface area contributed by atoms with Crippen LogP contribution in [0.25, 0.3) is 0 Å². The normalized spacial score (nSPS) is 17.8. The van der Waals surface area contributed by atoms with Crippen molar-refractivity contribution in [1.29, 1.82) is 0 Å². The predicted octanol–water partition coefficient (Wildman–Crippen LogP) is 2.87. The van der Waals surface area contributed by atoms with Crippen LogP contribution >= 0.6 is 0 Å². The van der Waals surface area contributed by atoms with E-state index in [-0.39, 0.29) is 0 Å². The van der Waals surface area contributed by atoms with Gasteiger partial charge in [0, 0.05) is 12.3 Å². The van der Waals surface area contributed by atoms with E-state index in [4.69, 9.17) is 4.42 Å². The first-order valence-electron chi connectivity index (χ1n) is 6.49. The first-order chi connectivity index (χ1) is 7.90. The molecule has 0 aromatic carbocycles. The van der Waals surface area contributed by atoms with E-state index in [1.165, 1.54) is 32.1 Å². The van der Waals surface area contributed by atoms with Crippen LogP contribution in [-0.4, -0.2) is 18.6 Å². The zero-order chi connectivity index (χ0) is 11.2. The Morgan fingerprint density at radius 3 is 2.94 bits per heavy atom. The summed E-state index contributed by atoms with van der Waals surface area (Å²) in [6, 6.07) is 0. The molecular formula is C13H22N2O. The van der Waals surface area contributed by atoms with Gasteiger partial charge >= 0.3 is 0 Å². The summed E-state index contributed by atoms with van der Waals surface area (Å²) in [5.74, 6) is 2.63. The number of rotatable bonds is 5. The molecule has 0 aliphatic heterocycles. The second-order valence-corrected chi connectivity index (χ2v) is 4.71. The molecule has 0 bridgehead atoms. The van der Waals surface area contributed by atoms with Crippen LogP contribution in [0.2, 0.25) is 0 Å². The van der Waals surface area contributed by atoms with Gasteiger partial charge < -0.3 is 9.73 Å². The molecule has 1 aliphatic carbocycles. The highest BCUT2D eigenvalue weighted by molar-refractivity contribution is 5.00. The molecule has 1 fully saturated rings. The SMILES string of the molecule is CNCCCc1cnc(C2CCCCC2)o1. The summed E-state index contributed by atoms with van der Waals surface area (Å²) < 4.78 is 5.83. The fraction of sp³-hybridized carbons (Fsp3) is 0.769. The van der Waals surface area contributed by atoms with Crippen LogP contribution in [0.15, 0.2) is 10.6 Å². The Balaban J connectivity index is 1.85. The Bertz CT molecular complexity index is 303. The third-order valence-corrected chi connectivity index (χ3v) is 3.38. The van der Waals surface area contributed by atoms with E-state index >= 15 is 0 Å². The van der Waals surface area contributed by atoms with Crippen LogP contribution in [-0.2, 0) is 6.42 Å². The van der Waals surface area contributed by atoms with Crippen LogP contribution in [0, 0.1) is 0 Å². The van der Waals surface area contributed by atoms with Crippen LogP contribution in [0.4, 0.5) is 0 Å². The minimum Gasteiger partial charge on any atom is -0.445 e. The lowest BCUT2D eigenvalue weighted by molar-refractivity contribution is 0.350. The summed E-state index contributed by atoms with van der Waals surface area (Å²) in [4.78, 5) is 4.43. The Labute approximate surface area is 97.6 Å². The van der Waals surface area contributed by atoms with Gasteiger partial charge in [0.2, 0.25) is 0 Å². The maximum Gasteiger partial charge on any atom is 0.197 e. The molecule has 1 N–H and O–H groups in total. The van der Waals surface area contributed by atoms with E-state index in [1.807, 2.05) is 13.2 Å². The first-order valence-corrected chi connectivity index (χ1v) is 6.49.